The number of hydrogen-bond acceptors (Lipinski definition) is 5. The number of carbonyl (C=O) groups is 2. The fraction of sp³-hybridized carbons (Fsp3) is 0.294. The van der Waals surface area contributed by atoms with E-state index in [9.17, 15) is 9.59 Å². The van der Waals surface area contributed by atoms with E-state index in [4.69, 9.17) is 5.73 Å². The third-order valence-electron chi connectivity index (χ3n) is 4.58. The largest absolute Gasteiger partial charge is 0.364 e. The van der Waals surface area contributed by atoms with Crippen LogP contribution in [-0.4, -0.2) is 50.9 Å². The molecule has 9 heteroatoms. The molecule has 9 nitrogen and oxygen atoms in total. The standard InChI is InChI=1S/C17H19N7O2/c18-15(25)13-14(21-9-20-13)16(26)24(10-5-7-19-8-6-10)17-22-11-3-1-2-4-12(11)23-17/h1-4,9-10,19H,5-8H2,(H2,18,25)(H,20,21)(H,22,23). The van der Waals surface area contributed by atoms with Gasteiger partial charge in [-0.25, -0.2) is 9.97 Å². The number of fused-ring (bicyclic) bond motifs is 1. The Labute approximate surface area is 149 Å². The lowest BCUT2D eigenvalue weighted by Gasteiger charge is -2.32. The van der Waals surface area contributed by atoms with E-state index in [1.54, 1.807) is 4.90 Å². The van der Waals surface area contributed by atoms with Crippen molar-refractivity contribution in [2.75, 3.05) is 18.0 Å². The number of hydrogen-bond donors (Lipinski definition) is 4. The topological polar surface area (TPSA) is 133 Å². The van der Waals surface area contributed by atoms with Crippen LogP contribution in [0.25, 0.3) is 11.0 Å². The molecule has 2 amide bonds. The molecule has 5 N–H and O–H groups in total. The molecule has 4 rings (SSSR count). The highest BCUT2D eigenvalue weighted by atomic mass is 16.2. The van der Waals surface area contributed by atoms with Crippen molar-refractivity contribution in [3.05, 3.63) is 42.0 Å². The zero-order valence-corrected chi connectivity index (χ0v) is 14.0. The van der Waals surface area contributed by atoms with Crippen molar-refractivity contribution in [2.24, 2.45) is 5.73 Å². The molecule has 1 aliphatic heterocycles. The van der Waals surface area contributed by atoms with Crippen LogP contribution in [0.15, 0.2) is 30.6 Å². The second-order valence-electron chi connectivity index (χ2n) is 6.22. The second-order valence-corrected chi connectivity index (χ2v) is 6.22. The first-order chi connectivity index (χ1) is 12.6. The number of benzene rings is 1. The van der Waals surface area contributed by atoms with Gasteiger partial charge in [-0.05, 0) is 38.1 Å². The minimum absolute atomic E-state index is 0.0478. The Morgan fingerprint density at radius 1 is 1.19 bits per heavy atom. The zero-order chi connectivity index (χ0) is 18.1. The normalized spacial score (nSPS) is 15.2. The molecule has 0 atom stereocenters. The molecule has 134 valence electrons. The van der Waals surface area contributed by atoms with Gasteiger partial charge >= 0.3 is 0 Å². The van der Waals surface area contributed by atoms with Crippen LogP contribution in [-0.2, 0) is 0 Å². The van der Waals surface area contributed by atoms with Crippen molar-refractivity contribution in [1.82, 2.24) is 25.3 Å². The zero-order valence-electron chi connectivity index (χ0n) is 14.0. The maximum atomic E-state index is 13.3. The van der Waals surface area contributed by atoms with E-state index in [0.29, 0.717) is 5.95 Å². The van der Waals surface area contributed by atoms with Crippen molar-refractivity contribution < 1.29 is 9.59 Å². The summed E-state index contributed by atoms with van der Waals surface area (Å²) >= 11 is 0. The van der Waals surface area contributed by atoms with Gasteiger partial charge in [-0.2, -0.15) is 0 Å². The Balaban J connectivity index is 1.78. The van der Waals surface area contributed by atoms with E-state index in [1.807, 2.05) is 24.3 Å². The quantitative estimate of drug-likeness (QED) is 0.550. The van der Waals surface area contributed by atoms with Crippen molar-refractivity contribution in [1.29, 1.82) is 0 Å². The van der Waals surface area contributed by atoms with Gasteiger partial charge in [-0.1, -0.05) is 12.1 Å². The van der Waals surface area contributed by atoms with E-state index in [-0.39, 0.29) is 23.3 Å². The van der Waals surface area contributed by atoms with E-state index in [0.717, 1.165) is 37.0 Å². The van der Waals surface area contributed by atoms with Gasteiger partial charge in [-0.3, -0.25) is 14.5 Å². The SMILES string of the molecule is NC(=O)c1nc[nH]c1C(=O)N(c1nc2ccccc2[nH]1)C1CCNCC1. The Kier molecular flexibility index (Phi) is 4.13. The third kappa shape index (κ3) is 2.82. The molecule has 3 heterocycles. The summed E-state index contributed by atoms with van der Waals surface area (Å²) in [5.41, 5.74) is 6.98. The molecule has 1 aliphatic rings. The summed E-state index contributed by atoms with van der Waals surface area (Å²) in [5.74, 6) is -0.667. The highest BCUT2D eigenvalue weighted by molar-refractivity contribution is 6.11. The predicted octanol–water partition coefficient (Wildman–Crippen LogP) is 0.784. The lowest BCUT2D eigenvalue weighted by atomic mass is 10.0. The average molecular weight is 353 g/mol. The number of primary amides is 1. The number of imidazole rings is 2. The summed E-state index contributed by atoms with van der Waals surface area (Å²) in [4.78, 5) is 40.9. The summed E-state index contributed by atoms with van der Waals surface area (Å²) in [6.07, 6.45) is 2.86. The van der Waals surface area contributed by atoms with Crippen LogP contribution in [0, 0.1) is 0 Å². The van der Waals surface area contributed by atoms with Crippen molar-refractivity contribution in [3.8, 4) is 0 Å². The van der Waals surface area contributed by atoms with Crippen LogP contribution in [0.3, 0.4) is 0 Å². The number of rotatable bonds is 4. The smallest absolute Gasteiger partial charge is 0.279 e. The molecule has 26 heavy (non-hydrogen) atoms. The number of piperidine rings is 1. The number of nitrogens with one attached hydrogen (secondary N) is 3. The van der Waals surface area contributed by atoms with Crippen LogP contribution in [0.5, 0.6) is 0 Å². The Morgan fingerprint density at radius 2 is 1.96 bits per heavy atom. The summed E-state index contributed by atoms with van der Waals surface area (Å²) in [7, 11) is 0. The van der Waals surface area contributed by atoms with Crippen LogP contribution >= 0.6 is 0 Å². The Hall–Kier alpha value is -3.20. The van der Waals surface area contributed by atoms with Crippen molar-refractivity contribution in [2.45, 2.75) is 18.9 Å². The summed E-state index contributed by atoms with van der Waals surface area (Å²) in [5, 5.41) is 3.29. The maximum absolute atomic E-state index is 13.3. The van der Waals surface area contributed by atoms with Gasteiger partial charge in [0.1, 0.15) is 5.69 Å². The summed E-state index contributed by atoms with van der Waals surface area (Å²) in [6.45, 7) is 1.61. The van der Waals surface area contributed by atoms with Crippen LogP contribution in [0.2, 0.25) is 0 Å². The molecule has 3 aromatic rings. The number of H-pyrrole nitrogens is 2. The van der Waals surface area contributed by atoms with Gasteiger partial charge in [0.05, 0.1) is 17.4 Å². The molecule has 1 saturated heterocycles. The highest BCUT2D eigenvalue weighted by Gasteiger charge is 2.33. The fourth-order valence-electron chi connectivity index (χ4n) is 3.32. The molecule has 0 aliphatic carbocycles. The molecule has 0 radical (unpaired) electrons. The van der Waals surface area contributed by atoms with Crippen molar-refractivity contribution in [3.63, 3.8) is 0 Å². The van der Waals surface area contributed by atoms with Gasteiger partial charge in [0, 0.05) is 6.04 Å². The highest BCUT2D eigenvalue weighted by Crippen LogP contribution is 2.24. The number of aromatic nitrogens is 4. The lowest BCUT2D eigenvalue weighted by Crippen LogP contribution is -2.47. The number of carbonyl (C=O) groups excluding carboxylic acids is 2. The number of aromatic amines is 2. The number of anilines is 1. The fourth-order valence-corrected chi connectivity index (χ4v) is 3.32. The number of nitrogens with zero attached hydrogens (tertiary/aromatic N) is 3. The maximum Gasteiger partial charge on any atom is 0.279 e. The first-order valence-corrected chi connectivity index (χ1v) is 8.47. The van der Waals surface area contributed by atoms with Gasteiger partial charge in [-0.15, -0.1) is 0 Å². The average Bonchev–Trinajstić information content (AvgIpc) is 3.29. The van der Waals surface area contributed by atoms with Crippen molar-refractivity contribution >= 4 is 28.8 Å². The van der Waals surface area contributed by atoms with Gasteiger partial charge < -0.3 is 21.0 Å². The van der Waals surface area contributed by atoms with Crippen LogP contribution in [0.1, 0.15) is 33.8 Å². The van der Waals surface area contributed by atoms with Crippen LogP contribution in [0.4, 0.5) is 5.95 Å². The molecular formula is C17H19N7O2. The monoisotopic (exact) mass is 353 g/mol. The number of nitrogens with two attached hydrogens (primary N) is 1. The Morgan fingerprint density at radius 3 is 2.69 bits per heavy atom. The molecule has 1 fully saturated rings. The third-order valence-corrected chi connectivity index (χ3v) is 4.58. The van der Waals surface area contributed by atoms with E-state index >= 15 is 0 Å². The second kappa shape index (κ2) is 6.60. The number of para-hydroxylation sites is 2. The molecule has 0 saturated carbocycles. The molecule has 0 unspecified atom stereocenters. The van der Waals surface area contributed by atoms with E-state index in [1.165, 1.54) is 6.33 Å². The lowest BCUT2D eigenvalue weighted by molar-refractivity contribution is 0.0943. The van der Waals surface area contributed by atoms with Gasteiger partial charge in [0.25, 0.3) is 11.8 Å². The minimum atomic E-state index is -0.746. The predicted molar refractivity (Wildman–Crippen MR) is 95.9 cm³/mol. The molecular weight excluding hydrogens is 334 g/mol. The van der Waals surface area contributed by atoms with Gasteiger partial charge in [0.2, 0.25) is 5.95 Å². The van der Waals surface area contributed by atoms with Gasteiger partial charge in [0.15, 0.2) is 5.69 Å². The molecule has 2 aromatic heterocycles. The van der Waals surface area contributed by atoms with Crippen LogP contribution < -0.4 is 16.0 Å². The molecule has 1 aromatic carbocycles. The molecule has 0 spiro atoms. The summed E-state index contributed by atoms with van der Waals surface area (Å²) in [6, 6.07) is 7.53. The van der Waals surface area contributed by atoms with E-state index < -0.39 is 5.91 Å². The first-order valence-electron chi connectivity index (χ1n) is 8.47. The first kappa shape index (κ1) is 16.3. The minimum Gasteiger partial charge on any atom is -0.364 e. The number of amides is 2. The molecule has 0 bridgehead atoms. The summed E-state index contributed by atoms with van der Waals surface area (Å²) < 4.78 is 0. The van der Waals surface area contributed by atoms with E-state index in [2.05, 4.69) is 25.3 Å². The Bertz CT molecular complexity index is 922.